The van der Waals surface area contributed by atoms with Crippen LogP contribution in [0.15, 0.2) is 0 Å². The highest BCUT2D eigenvalue weighted by atomic mass is 79.9. The second kappa shape index (κ2) is 2.37. The predicted octanol–water partition coefficient (Wildman–Crippen LogP) is 1.50. The summed E-state index contributed by atoms with van der Waals surface area (Å²) in [4.78, 5) is 11.9. The Kier molecular flexibility index (Phi) is 1.54. The smallest absolute Gasteiger partial charge is 0.139 e. The van der Waals surface area contributed by atoms with E-state index in [2.05, 4.69) is 15.9 Å². The molecule has 0 saturated heterocycles. The zero-order valence-corrected chi connectivity index (χ0v) is 8.96. The molecule has 3 unspecified atom stereocenters. The first-order valence-electron chi connectivity index (χ1n) is 5.00. The highest BCUT2D eigenvalue weighted by molar-refractivity contribution is 9.09. The monoisotopic (exact) mass is 244 g/mol. The van der Waals surface area contributed by atoms with Crippen LogP contribution in [0.25, 0.3) is 0 Å². The third-order valence-corrected chi connectivity index (χ3v) is 5.71. The summed E-state index contributed by atoms with van der Waals surface area (Å²) in [5.74, 6) is 1.33. The molecule has 3 heteroatoms. The van der Waals surface area contributed by atoms with Crippen molar-refractivity contribution in [2.24, 2.45) is 17.8 Å². The standard InChI is InChI=1S/C10H13BrO2/c11-9-5-1-6-3-10(9,13)4-7(2-5)8(6)12/h5-7,9,13H,1-4H2. The molecule has 0 aromatic carbocycles. The highest BCUT2D eigenvalue weighted by Crippen LogP contribution is 2.56. The molecule has 0 aliphatic heterocycles. The number of Topliss-reactive ketones (excluding diaryl/α,β-unsaturated/α-hetero) is 1. The molecule has 0 spiro atoms. The van der Waals surface area contributed by atoms with E-state index in [-0.39, 0.29) is 16.7 Å². The Hall–Kier alpha value is 0.110. The van der Waals surface area contributed by atoms with Crippen molar-refractivity contribution < 1.29 is 9.90 Å². The molecule has 72 valence electrons. The number of hydrogen-bond acceptors (Lipinski definition) is 2. The Morgan fingerprint density at radius 3 is 2.31 bits per heavy atom. The third kappa shape index (κ3) is 0.949. The van der Waals surface area contributed by atoms with Gasteiger partial charge in [0.1, 0.15) is 5.78 Å². The molecule has 4 bridgehead atoms. The maximum absolute atomic E-state index is 11.7. The van der Waals surface area contributed by atoms with Crippen LogP contribution in [0, 0.1) is 17.8 Å². The second-order valence-corrected chi connectivity index (χ2v) is 5.93. The van der Waals surface area contributed by atoms with Gasteiger partial charge in [0.25, 0.3) is 0 Å². The molecule has 0 radical (unpaired) electrons. The van der Waals surface area contributed by atoms with Crippen LogP contribution in [0.3, 0.4) is 0 Å². The summed E-state index contributed by atoms with van der Waals surface area (Å²) < 4.78 is 0. The van der Waals surface area contributed by atoms with Gasteiger partial charge in [0, 0.05) is 16.7 Å². The average molecular weight is 245 g/mol. The minimum atomic E-state index is -0.565. The largest absolute Gasteiger partial charge is 0.389 e. The number of carbonyl (C=O) groups is 1. The van der Waals surface area contributed by atoms with E-state index in [1.807, 2.05) is 0 Å². The molecule has 4 aliphatic carbocycles. The fraction of sp³-hybridized carbons (Fsp3) is 0.900. The minimum Gasteiger partial charge on any atom is -0.389 e. The van der Waals surface area contributed by atoms with Gasteiger partial charge >= 0.3 is 0 Å². The average Bonchev–Trinajstić information content (AvgIpc) is 2.05. The zero-order valence-electron chi connectivity index (χ0n) is 7.37. The lowest BCUT2D eigenvalue weighted by Crippen LogP contribution is -2.61. The van der Waals surface area contributed by atoms with Crippen molar-refractivity contribution in [3.8, 4) is 0 Å². The molecule has 4 aliphatic rings. The van der Waals surface area contributed by atoms with Crippen LogP contribution in [0.2, 0.25) is 0 Å². The number of halogens is 1. The molecule has 3 atom stereocenters. The summed E-state index contributed by atoms with van der Waals surface area (Å²) in [7, 11) is 0. The Bertz CT molecular complexity index is 258. The molecule has 2 nitrogen and oxygen atoms in total. The topological polar surface area (TPSA) is 37.3 Å². The Morgan fingerprint density at radius 1 is 1.31 bits per heavy atom. The first kappa shape index (κ1) is 8.42. The number of rotatable bonds is 0. The molecule has 0 amide bonds. The van der Waals surface area contributed by atoms with Gasteiger partial charge < -0.3 is 5.11 Å². The van der Waals surface area contributed by atoms with Crippen molar-refractivity contribution in [3.05, 3.63) is 0 Å². The van der Waals surface area contributed by atoms with Gasteiger partial charge in [-0.15, -0.1) is 0 Å². The molecule has 0 aromatic heterocycles. The summed E-state index contributed by atoms with van der Waals surface area (Å²) in [6.45, 7) is 0. The molecular formula is C10H13BrO2. The Balaban J connectivity index is 2.01. The first-order valence-corrected chi connectivity index (χ1v) is 5.92. The number of ketones is 1. The third-order valence-electron chi connectivity index (χ3n) is 4.11. The van der Waals surface area contributed by atoms with E-state index in [9.17, 15) is 9.90 Å². The van der Waals surface area contributed by atoms with Crippen LogP contribution in [-0.4, -0.2) is 21.3 Å². The van der Waals surface area contributed by atoms with E-state index in [1.54, 1.807) is 0 Å². The van der Waals surface area contributed by atoms with Crippen molar-refractivity contribution in [1.82, 2.24) is 0 Å². The number of carbonyl (C=O) groups excluding carboxylic acids is 1. The van der Waals surface area contributed by atoms with Gasteiger partial charge in [0.05, 0.1) is 5.60 Å². The number of hydrogen-bond donors (Lipinski definition) is 1. The number of alkyl halides is 1. The maximum Gasteiger partial charge on any atom is 0.139 e. The van der Waals surface area contributed by atoms with E-state index in [4.69, 9.17) is 0 Å². The van der Waals surface area contributed by atoms with Crippen LogP contribution in [-0.2, 0) is 4.79 Å². The van der Waals surface area contributed by atoms with Crippen molar-refractivity contribution in [1.29, 1.82) is 0 Å². The second-order valence-electron chi connectivity index (χ2n) is 4.94. The summed E-state index contributed by atoms with van der Waals surface area (Å²) in [6, 6.07) is 0. The molecule has 1 N–H and O–H groups in total. The van der Waals surface area contributed by atoms with E-state index in [0.717, 1.165) is 12.8 Å². The van der Waals surface area contributed by atoms with Crippen molar-refractivity contribution in [3.63, 3.8) is 0 Å². The normalized spacial score (nSPS) is 58.8. The summed E-state index contributed by atoms with van der Waals surface area (Å²) >= 11 is 3.59. The Morgan fingerprint density at radius 2 is 1.85 bits per heavy atom. The number of aliphatic hydroxyl groups is 1. The van der Waals surface area contributed by atoms with Crippen LogP contribution < -0.4 is 0 Å². The van der Waals surface area contributed by atoms with Gasteiger partial charge in [0.15, 0.2) is 0 Å². The molecule has 4 rings (SSSR count). The van der Waals surface area contributed by atoms with Crippen LogP contribution in [0.1, 0.15) is 25.7 Å². The minimum absolute atomic E-state index is 0.177. The van der Waals surface area contributed by atoms with E-state index < -0.39 is 5.60 Å². The summed E-state index contributed by atoms with van der Waals surface area (Å²) in [5, 5.41) is 10.3. The molecule has 13 heavy (non-hydrogen) atoms. The van der Waals surface area contributed by atoms with E-state index in [1.165, 1.54) is 0 Å². The molecule has 4 fully saturated rings. The van der Waals surface area contributed by atoms with Gasteiger partial charge in [0.2, 0.25) is 0 Å². The van der Waals surface area contributed by atoms with Crippen LogP contribution in [0.4, 0.5) is 0 Å². The fourth-order valence-electron chi connectivity index (χ4n) is 3.60. The van der Waals surface area contributed by atoms with E-state index >= 15 is 0 Å². The summed E-state index contributed by atoms with van der Waals surface area (Å²) in [5.41, 5.74) is -0.565. The lowest BCUT2D eigenvalue weighted by molar-refractivity contribution is -0.158. The quantitative estimate of drug-likeness (QED) is 0.656. The van der Waals surface area contributed by atoms with Gasteiger partial charge in [-0.1, -0.05) is 15.9 Å². The first-order chi connectivity index (χ1) is 6.10. The van der Waals surface area contributed by atoms with Crippen molar-refractivity contribution in [2.75, 3.05) is 0 Å². The Labute approximate surface area is 85.8 Å². The summed E-state index contributed by atoms with van der Waals surface area (Å²) in [6.07, 6.45) is 3.42. The van der Waals surface area contributed by atoms with Crippen molar-refractivity contribution >= 4 is 21.7 Å². The zero-order chi connectivity index (χ0) is 9.22. The van der Waals surface area contributed by atoms with Gasteiger partial charge in [-0.25, -0.2) is 0 Å². The van der Waals surface area contributed by atoms with Crippen LogP contribution in [0.5, 0.6) is 0 Å². The molecule has 0 heterocycles. The van der Waals surface area contributed by atoms with Crippen molar-refractivity contribution in [2.45, 2.75) is 36.1 Å². The molecule has 0 aromatic rings. The lowest BCUT2D eigenvalue weighted by Gasteiger charge is -2.56. The highest BCUT2D eigenvalue weighted by Gasteiger charge is 2.58. The molecule has 4 saturated carbocycles. The lowest BCUT2D eigenvalue weighted by atomic mass is 9.53. The van der Waals surface area contributed by atoms with Crippen LogP contribution >= 0.6 is 15.9 Å². The molecular weight excluding hydrogens is 232 g/mol. The fourth-order valence-corrected chi connectivity index (χ4v) is 4.41. The van der Waals surface area contributed by atoms with Gasteiger partial charge in [-0.05, 0) is 31.6 Å². The SMILES string of the molecule is O=C1C2CC3CC1CC(O)(C2)C3Br. The maximum atomic E-state index is 11.7. The van der Waals surface area contributed by atoms with Gasteiger partial charge in [-0.3, -0.25) is 4.79 Å². The van der Waals surface area contributed by atoms with E-state index in [0.29, 0.717) is 24.5 Å². The predicted molar refractivity (Wildman–Crippen MR) is 51.6 cm³/mol. The van der Waals surface area contributed by atoms with Gasteiger partial charge in [-0.2, -0.15) is 0 Å².